The summed E-state index contributed by atoms with van der Waals surface area (Å²) in [4.78, 5) is 7.77. The van der Waals surface area contributed by atoms with Crippen LogP contribution in [0, 0.1) is 24.1 Å². The van der Waals surface area contributed by atoms with Crippen molar-refractivity contribution in [1.82, 2.24) is 9.97 Å². The molecule has 1 aromatic carbocycles. The second-order valence-corrected chi connectivity index (χ2v) is 3.84. The Morgan fingerprint density at radius 3 is 2.89 bits per heavy atom. The zero-order valence-electron chi connectivity index (χ0n) is 9.81. The minimum absolute atomic E-state index is 0.215. The lowest BCUT2D eigenvalue weighted by Gasteiger charge is -2.06. The molecule has 0 saturated carbocycles. The van der Waals surface area contributed by atoms with Crippen molar-refractivity contribution in [2.45, 2.75) is 13.5 Å². The van der Waals surface area contributed by atoms with Crippen LogP contribution in [0.3, 0.4) is 0 Å². The van der Waals surface area contributed by atoms with E-state index in [2.05, 4.69) is 15.3 Å². The highest BCUT2D eigenvalue weighted by Crippen LogP contribution is 2.11. The Morgan fingerprint density at radius 2 is 2.17 bits per heavy atom. The second-order valence-electron chi connectivity index (χ2n) is 3.84. The molecule has 0 radical (unpaired) electrons. The van der Waals surface area contributed by atoms with Gasteiger partial charge < -0.3 is 5.32 Å². The lowest BCUT2D eigenvalue weighted by molar-refractivity contribution is 0.617. The fourth-order valence-corrected chi connectivity index (χ4v) is 1.52. The Bertz CT molecular complexity index is 604. The van der Waals surface area contributed by atoms with Gasteiger partial charge in [0.25, 0.3) is 0 Å². The van der Waals surface area contributed by atoms with Gasteiger partial charge in [-0.3, -0.25) is 0 Å². The molecule has 2 rings (SSSR count). The molecule has 0 aliphatic heterocycles. The summed E-state index contributed by atoms with van der Waals surface area (Å²) in [5.41, 5.74) is 1.86. The summed E-state index contributed by atoms with van der Waals surface area (Å²) in [7, 11) is 0. The van der Waals surface area contributed by atoms with Crippen molar-refractivity contribution in [2.24, 2.45) is 0 Å². The van der Waals surface area contributed by atoms with E-state index in [0.717, 1.165) is 5.56 Å². The van der Waals surface area contributed by atoms with Gasteiger partial charge in [-0.25, -0.2) is 14.4 Å². The number of halogens is 1. The molecule has 1 N–H and O–H groups in total. The van der Waals surface area contributed by atoms with Crippen molar-refractivity contribution in [1.29, 1.82) is 5.26 Å². The van der Waals surface area contributed by atoms with Crippen molar-refractivity contribution < 1.29 is 4.39 Å². The van der Waals surface area contributed by atoms with Crippen LogP contribution in [0.15, 0.2) is 30.6 Å². The molecule has 0 bridgehead atoms. The molecule has 0 aliphatic rings. The van der Waals surface area contributed by atoms with Crippen LogP contribution in [0.25, 0.3) is 0 Å². The van der Waals surface area contributed by atoms with Gasteiger partial charge in [0.05, 0.1) is 0 Å². The van der Waals surface area contributed by atoms with E-state index in [1.54, 1.807) is 25.1 Å². The minimum atomic E-state index is -0.215. The maximum absolute atomic E-state index is 13.1. The molecule has 4 nitrogen and oxygen atoms in total. The highest BCUT2D eigenvalue weighted by Gasteiger charge is 2.01. The van der Waals surface area contributed by atoms with Gasteiger partial charge in [-0.2, -0.15) is 5.26 Å². The predicted molar refractivity (Wildman–Crippen MR) is 65.2 cm³/mol. The molecule has 0 saturated heterocycles. The number of nitrogens with one attached hydrogen (secondary N) is 1. The summed E-state index contributed by atoms with van der Waals surface area (Å²) in [5, 5.41) is 11.8. The Balaban J connectivity index is 2.07. The lowest BCUT2D eigenvalue weighted by Crippen LogP contribution is -2.02. The largest absolute Gasteiger partial charge is 0.366 e. The topological polar surface area (TPSA) is 61.6 Å². The van der Waals surface area contributed by atoms with E-state index in [9.17, 15) is 4.39 Å². The van der Waals surface area contributed by atoms with Crippen LogP contribution in [0.4, 0.5) is 10.2 Å². The molecule has 0 atom stereocenters. The van der Waals surface area contributed by atoms with Gasteiger partial charge in [-0.1, -0.05) is 12.1 Å². The number of rotatable bonds is 3. The smallest absolute Gasteiger partial charge is 0.145 e. The predicted octanol–water partition coefficient (Wildman–Crippen LogP) is 2.41. The molecule has 1 heterocycles. The molecule has 18 heavy (non-hydrogen) atoms. The van der Waals surface area contributed by atoms with Gasteiger partial charge in [0.2, 0.25) is 0 Å². The highest BCUT2D eigenvalue weighted by atomic mass is 19.1. The summed E-state index contributed by atoms with van der Waals surface area (Å²) in [6.07, 6.45) is 1.33. The van der Waals surface area contributed by atoms with E-state index >= 15 is 0 Å². The molecule has 2 aromatic rings. The molecule has 0 spiro atoms. The SMILES string of the molecule is Cc1cc(CNc2cc(C#N)ncn2)ccc1F. The average Bonchev–Trinajstić information content (AvgIpc) is 2.40. The Hall–Kier alpha value is -2.48. The normalized spacial score (nSPS) is 9.83. The number of anilines is 1. The summed E-state index contributed by atoms with van der Waals surface area (Å²) < 4.78 is 13.1. The maximum Gasteiger partial charge on any atom is 0.145 e. The van der Waals surface area contributed by atoms with E-state index in [1.165, 1.54) is 12.4 Å². The molecule has 0 aliphatic carbocycles. The van der Waals surface area contributed by atoms with Crippen LogP contribution in [-0.4, -0.2) is 9.97 Å². The number of nitrogens with zero attached hydrogens (tertiary/aromatic N) is 3. The summed E-state index contributed by atoms with van der Waals surface area (Å²) in [5.74, 6) is 0.357. The van der Waals surface area contributed by atoms with E-state index < -0.39 is 0 Å². The number of hydrogen-bond donors (Lipinski definition) is 1. The quantitative estimate of drug-likeness (QED) is 0.897. The van der Waals surface area contributed by atoms with Crippen molar-refractivity contribution in [2.75, 3.05) is 5.32 Å². The van der Waals surface area contributed by atoms with E-state index in [0.29, 0.717) is 23.6 Å². The zero-order chi connectivity index (χ0) is 13.0. The highest BCUT2D eigenvalue weighted by molar-refractivity contribution is 5.39. The first-order valence-corrected chi connectivity index (χ1v) is 5.40. The third-order valence-corrected chi connectivity index (χ3v) is 2.48. The Morgan fingerprint density at radius 1 is 1.33 bits per heavy atom. The number of benzene rings is 1. The van der Waals surface area contributed by atoms with Crippen LogP contribution in [0.2, 0.25) is 0 Å². The van der Waals surface area contributed by atoms with Crippen LogP contribution in [0.1, 0.15) is 16.8 Å². The summed E-state index contributed by atoms with van der Waals surface area (Å²) >= 11 is 0. The van der Waals surface area contributed by atoms with Gasteiger partial charge in [0.1, 0.15) is 29.7 Å². The standard InChI is InChI=1S/C13H11FN4/c1-9-4-10(2-3-12(9)14)7-16-13-5-11(6-15)17-8-18-13/h2-5,8H,7H2,1H3,(H,16,17,18). The molecule has 90 valence electrons. The molecule has 5 heteroatoms. The first-order valence-electron chi connectivity index (χ1n) is 5.40. The third kappa shape index (κ3) is 2.80. The van der Waals surface area contributed by atoms with E-state index in [4.69, 9.17) is 5.26 Å². The van der Waals surface area contributed by atoms with Crippen molar-refractivity contribution in [3.63, 3.8) is 0 Å². The lowest BCUT2D eigenvalue weighted by atomic mass is 10.1. The number of aromatic nitrogens is 2. The van der Waals surface area contributed by atoms with Crippen LogP contribution < -0.4 is 5.32 Å². The molecular formula is C13H11FN4. The van der Waals surface area contributed by atoms with Crippen molar-refractivity contribution in [3.8, 4) is 6.07 Å². The Labute approximate surface area is 104 Å². The monoisotopic (exact) mass is 242 g/mol. The van der Waals surface area contributed by atoms with Gasteiger partial charge in [0, 0.05) is 12.6 Å². The first-order chi connectivity index (χ1) is 8.69. The number of nitriles is 1. The fraction of sp³-hybridized carbons (Fsp3) is 0.154. The van der Waals surface area contributed by atoms with Crippen molar-refractivity contribution in [3.05, 3.63) is 53.2 Å². The van der Waals surface area contributed by atoms with Crippen LogP contribution >= 0.6 is 0 Å². The molecule has 0 fully saturated rings. The Kier molecular flexibility index (Phi) is 3.49. The zero-order valence-corrected chi connectivity index (χ0v) is 9.81. The fourth-order valence-electron chi connectivity index (χ4n) is 1.52. The second kappa shape index (κ2) is 5.23. The maximum atomic E-state index is 13.1. The van der Waals surface area contributed by atoms with Gasteiger partial charge in [0.15, 0.2) is 0 Å². The molecule has 0 unspecified atom stereocenters. The van der Waals surface area contributed by atoms with E-state index in [1.807, 2.05) is 6.07 Å². The summed E-state index contributed by atoms with van der Waals surface area (Å²) in [6, 6.07) is 8.43. The van der Waals surface area contributed by atoms with E-state index in [-0.39, 0.29) is 5.82 Å². The van der Waals surface area contributed by atoms with Crippen LogP contribution in [-0.2, 0) is 6.54 Å². The average molecular weight is 242 g/mol. The number of aryl methyl sites for hydroxylation is 1. The molecule has 1 aromatic heterocycles. The third-order valence-electron chi connectivity index (χ3n) is 2.48. The summed E-state index contributed by atoms with van der Waals surface area (Å²) in [6.45, 7) is 2.24. The van der Waals surface area contributed by atoms with Gasteiger partial charge >= 0.3 is 0 Å². The molecular weight excluding hydrogens is 231 g/mol. The molecule has 0 amide bonds. The van der Waals surface area contributed by atoms with Crippen molar-refractivity contribution >= 4 is 5.82 Å². The minimum Gasteiger partial charge on any atom is -0.366 e. The number of hydrogen-bond acceptors (Lipinski definition) is 4. The van der Waals surface area contributed by atoms with Gasteiger partial charge in [-0.15, -0.1) is 0 Å². The first kappa shape index (κ1) is 12.0. The van der Waals surface area contributed by atoms with Crippen LogP contribution in [0.5, 0.6) is 0 Å². The van der Waals surface area contributed by atoms with Gasteiger partial charge in [-0.05, 0) is 24.1 Å².